The summed E-state index contributed by atoms with van der Waals surface area (Å²) in [5.74, 6) is 0.640. The third-order valence-electron chi connectivity index (χ3n) is 2.98. The van der Waals surface area contributed by atoms with Crippen LogP contribution in [-0.4, -0.2) is 4.99 Å². The Labute approximate surface area is 123 Å². The minimum absolute atomic E-state index is 0.165. The fraction of sp³-hybridized carbons (Fsp3) is 0.188. The van der Waals surface area contributed by atoms with Crippen LogP contribution in [0.5, 0.6) is 11.5 Å². The maximum atomic E-state index is 14.0. The second kappa shape index (κ2) is 6.01. The van der Waals surface area contributed by atoms with Gasteiger partial charge in [0.15, 0.2) is 11.6 Å². The van der Waals surface area contributed by atoms with Gasteiger partial charge < -0.3 is 10.5 Å². The lowest BCUT2D eigenvalue weighted by Gasteiger charge is -2.14. The average Bonchev–Trinajstić information content (AvgIpc) is 2.41. The van der Waals surface area contributed by atoms with Crippen LogP contribution in [0.2, 0.25) is 0 Å². The van der Waals surface area contributed by atoms with Crippen molar-refractivity contribution in [2.75, 3.05) is 0 Å². The van der Waals surface area contributed by atoms with Gasteiger partial charge in [0.05, 0.1) is 0 Å². The molecular weight excluding hydrogens is 273 g/mol. The number of benzene rings is 2. The quantitative estimate of drug-likeness (QED) is 0.849. The van der Waals surface area contributed by atoms with Gasteiger partial charge in [-0.2, -0.15) is 0 Å². The molecule has 0 atom stereocenters. The number of hydrogen-bond donors (Lipinski definition) is 1. The molecule has 0 saturated heterocycles. The first-order chi connectivity index (χ1) is 9.49. The molecule has 2 rings (SSSR count). The maximum absolute atomic E-state index is 14.0. The third kappa shape index (κ3) is 3.14. The van der Waals surface area contributed by atoms with Crippen LogP contribution in [0.15, 0.2) is 42.5 Å². The van der Waals surface area contributed by atoms with Crippen LogP contribution in [0.4, 0.5) is 4.39 Å². The number of para-hydroxylation sites is 1. The second-order valence-electron chi connectivity index (χ2n) is 4.80. The molecule has 0 aliphatic heterocycles. The van der Waals surface area contributed by atoms with Gasteiger partial charge in [0.25, 0.3) is 0 Å². The predicted molar refractivity (Wildman–Crippen MR) is 82.9 cm³/mol. The van der Waals surface area contributed by atoms with E-state index in [0.29, 0.717) is 17.2 Å². The van der Waals surface area contributed by atoms with Gasteiger partial charge in [0, 0.05) is 5.56 Å². The van der Waals surface area contributed by atoms with Crippen molar-refractivity contribution in [3.05, 3.63) is 59.4 Å². The van der Waals surface area contributed by atoms with E-state index in [9.17, 15) is 4.39 Å². The Balaban J connectivity index is 2.33. The van der Waals surface area contributed by atoms with E-state index < -0.39 is 5.82 Å². The number of nitrogens with two attached hydrogens (primary N) is 1. The highest BCUT2D eigenvalue weighted by Crippen LogP contribution is 2.31. The van der Waals surface area contributed by atoms with E-state index >= 15 is 0 Å². The highest BCUT2D eigenvalue weighted by Gasteiger charge is 2.11. The van der Waals surface area contributed by atoms with Crippen LogP contribution in [-0.2, 0) is 0 Å². The van der Waals surface area contributed by atoms with E-state index in [1.54, 1.807) is 12.1 Å². The van der Waals surface area contributed by atoms with Crippen molar-refractivity contribution in [2.45, 2.75) is 19.8 Å². The lowest BCUT2D eigenvalue weighted by molar-refractivity contribution is 0.435. The van der Waals surface area contributed by atoms with Gasteiger partial charge >= 0.3 is 0 Å². The molecule has 2 aromatic carbocycles. The molecule has 0 aliphatic rings. The SMILES string of the molecule is CC(C)c1ccccc1Oc1ccc(C(N)=S)cc1F. The molecule has 2 aromatic rings. The van der Waals surface area contributed by atoms with Crippen LogP contribution in [0.1, 0.15) is 30.9 Å². The van der Waals surface area contributed by atoms with Gasteiger partial charge in [0.1, 0.15) is 10.7 Å². The number of ether oxygens (including phenoxy) is 1. The molecule has 20 heavy (non-hydrogen) atoms. The Morgan fingerprint density at radius 3 is 2.45 bits per heavy atom. The first-order valence-corrected chi connectivity index (χ1v) is 6.76. The van der Waals surface area contributed by atoms with Crippen molar-refractivity contribution in [2.24, 2.45) is 5.73 Å². The standard InChI is InChI=1S/C16H16FNOS/c1-10(2)12-5-3-4-6-14(12)19-15-8-7-11(16(18)20)9-13(15)17/h3-10H,1-2H3,(H2,18,20). The summed E-state index contributed by atoms with van der Waals surface area (Å²) in [6, 6.07) is 12.1. The molecule has 0 heterocycles. The van der Waals surface area contributed by atoms with Gasteiger partial charge in [-0.05, 0) is 35.7 Å². The van der Waals surface area contributed by atoms with Gasteiger partial charge in [-0.1, -0.05) is 44.3 Å². The van der Waals surface area contributed by atoms with Gasteiger partial charge in [-0.15, -0.1) is 0 Å². The Bertz CT molecular complexity index is 640. The van der Waals surface area contributed by atoms with E-state index in [-0.39, 0.29) is 10.7 Å². The van der Waals surface area contributed by atoms with E-state index in [1.165, 1.54) is 6.07 Å². The van der Waals surface area contributed by atoms with Crippen LogP contribution in [0.25, 0.3) is 0 Å². The molecule has 104 valence electrons. The van der Waals surface area contributed by atoms with Gasteiger partial charge in [0.2, 0.25) is 0 Å². The molecular formula is C16H16FNOS. The zero-order valence-electron chi connectivity index (χ0n) is 11.4. The lowest BCUT2D eigenvalue weighted by atomic mass is 10.0. The van der Waals surface area contributed by atoms with Gasteiger partial charge in [-0.25, -0.2) is 4.39 Å². The highest BCUT2D eigenvalue weighted by molar-refractivity contribution is 7.80. The highest BCUT2D eigenvalue weighted by atomic mass is 32.1. The number of halogens is 1. The van der Waals surface area contributed by atoms with Gasteiger partial charge in [-0.3, -0.25) is 0 Å². The van der Waals surface area contributed by atoms with Crippen molar-refractivity contribution < 1.29 is 9.13 Å². The van der Waals surface area contributed by atoms with E-state index in [0.717, 1.165) is 5.56 Å². The summed E-state index contributed by atoms with van der Waals surface area (Å²) in [6.45, 7) is 4.13. The van der Waals surface area contributed by atoms with Crippen molar-refractivity contribution in [3.63, 3.8) is 0 Å². The zero-order chi connectivity index (χ0) is 14.7. The molecule has 0 unspecified atom stereocenters. The van der Waals surface area contributed by atoms with Crippen LogP contribution < -0.4 is 10.5 Å². The largest absolute Gasteiger partial charge is 0.454 e. The average molecular weight is 289 g/mol. The van der Waals surface area contributed by atoms with E-state index in [4.69, 9.17) is 22.7 Å². The fourth-order valence-corrected chi connectivity index (χ4v) is 2.03. The molecule has 0 aromatic heterocycles. The number of thiocarbonyl (C=S) groups is 1. The molecule has 0 bridgehead atoms. The Kier molecular flexibility index (Phi) is 4.35. The molecule has 2 nitrogen and oxygen atoms in total. The molecule has 0 radical (unpaired) electrons. The predicted octanol–water partition coefficient (Wildman–Crippen LogP) is 4.38. The topological polar surface area (TPSA) is 35.2 Å². The van der Waals surface area contributed by atoms with Crippen molar-refractivity contribution in [1.29, 1.82) is 0 Å². The summed E-state index contributed by atoms with van der Waals surface area (Å²) in [7, 11) is 0. The Hall–Kier alpha value is -1.94. The molecule has 0 aliphatic carbocycles. The number of hydrogen-bond acceptors (Lipinski definition) is 2. The number of rotatable bonds is 4. The first-order valence-electron chi connectivity index (χ1n) is 6.35. The van der Waals surface area contributed by atoms with E-state index in [2.05, 4.69) is 13.8 Å². The van der Waals surface area contributed by atoms with E-state index in [1.807, 2.05) is 24.3 Å². The summed E-state index contributed by atoms with van der Waals surface area (Å²) in [5, 5.41) is 0. The minimum atomic E-state index is -0.478. The second-order valence-corrected chi connectivity index (χ2v) is 5.24. The molecule has 0 spiro atoms. The summed E-state index contributed by atoms with van der Waals surface area (Å²) in [6.07, 6.45) is 0. The smallest absolute Gasteiger partial charge is 0.166 e. The zero-order valence-corrected chi connectivity index (χ0v) is 12.2. The molecule has 0 saturated carbocycles. The van der Waals surface area contributed by atoms with Crippen LogP contribution in [0, 0.1) is 5.82 Å². The first kappa shape index (κ1) is 14.5. The monoisotopic (exact) mass is 289 g/mol. The normalized spacial score (nSPS) is 10.6. The summed E-state index contributed by atoms with van der Waals surface area (Å²) in [5.41, 5.74) is 6.99. The van der Waals surface area contributed by atoms with Crippen molar-refractivity contribution >= 4 is 17.2 Å². The van der Waals surface area contributed by atoms with Crippen molar-refractivity contribution in [3.8, 4) is 11.5 Å². The third-order valence-corrected chi connectivity index (χ3v) is 3.21. The van der Waals surface area contributed by atoms with Crippen molar-refractivity contribution in [1.82, 2.24) is 0 Å². The lowest BCUT2D eigenvalue weighted by Crippen LogP contribution is -2.09. The van der Waals surface area contributed by atoms with Crippen LogP contribution >= 0.6 is 12.2 Å². The Morgan fingerprint density at radius 2 is 1.85 bits per heavy atom. The Morgan fingerprint density at radius 1 is 1.15 bits per heavy atom. The molecule has 0 fully saturated rings. The summed E-state index contributed by atoms with van der Waals surface area (Å²) < 4.78 is 19.7. The summed E-state index contributed by atoms with van der Waals surface area (Å²) >= 11 is 4.82. The summed E-state index contributed by atoms with van der Waals surface area (Å²) in [4.78, 5) is 0.165. The van der Waals surface area contributed by atoms with Crippen LogP contribution in [0.3, 0.4) is 0 Å². The molecule has 2 N–H and O–H groups in total. The minimum Gasteiger partial charge on any atom is -0.454 e. The maximum Gasteiger partial charge on any atom is 0.166 e. The fourth-order valence-electron chi connectivity index (χ4n) is 1.91. The molecule has 0 amide bonds. The molecule has 4 heteroatoms.